The van der Waals surface area contributed by atoms with Crippen molar-refractivity contribution in [1.82, 2.24) is 20.4 Å². The second-order valence-electron chi connectivity index (χ2n) is 7.62. The van der Waals surface area contributed by atoms with E-state index in [1.54, 1.807) is 7.11 Å². The van der Waals surface area contributed by atoms with Crippen molar-refractivity contribution in [3.63, 3.8) is 0 Å². The molecule has 138 valence electrons. The Labute approximate surface area is 151 Å². The molecule has 0 unspecified atom stereocenters. The molecule has 1 aromatic heterocycles. The quantitative estimate of drug-likeness (QED) is 0.846. The van der Waals surface area contributed by atoms with E-state index in [0.717, 1.165) is 31.6 Å². The molecule has 2 N–H and O–H groups in total. The predicted molar refractivity (Wildman–Crippen MR) is 98.0 cm³/mol. The standard InChI is InChI=1S/C17H30N4O2.ClH/c1-13-10-14(20-21(13)16(2,3)4)15(22)19-11-17(12-23-5)6-8-18-9-7-17;/h10,18H,6-9,11-12H2,1-5H3,(H,19,22);1H. The fraction of sp³-hybridized carbons (Fsp3) is 0.765. The van der Waals surface area contributed by atoms with Crippen molar-refractivity contribution in [3.05, 3.63) is 17.5 Å². The molecule has 0 saturated carbocycles. The smallest absolute Gasteiger partial charge is 0.271 e. The summed E-state index contributed by atoms with van der Waals surface area (Å²) in [6.45, 7) is 11.5. The Morgan fingerprint density at radius 3 is 2.54 bits per heavy atom. The maximum absolute atomic E-state index is 12.5. The molecule has 0 aliphatic carbocycles. The number of carbonyl (C=O) groups excluding carboxylic acids is 1. The van der Waals surface area contributed by atoms with E-state index in [2.05, 4.69) is 36.5 Å². The molecule has 1 aliphatic rings. The van der Waals surface area contributed by atoms with Gasteiger partial charge in [-0.05, 0) is 59.7 Å². The maximum Gasteiger partial charge on any atom is 0.271 e. The zero-order chi connectivity index (χ0) is 17.1. The van der Waals surface area contributed by atoms with Gasteiger partial charge in [-0.25, -0.2) is 0 Å². The van der Waals surface area contributed by atoms with Gasteiger partial charge in [-0.3, -0.25) is 9.48 Å². The van der Waals surface area contributed by atoms with Gasteiger partial charge in [-0.15, -0.1) is 12.4 Å². The summed E-state index contributed by atoms with van der Waals surface area (Å²) >= 11 is 0. The number of aryl methyl sites for hydroxylation is 1. The van der Waals surface area contributed by atoms with Crippen LogP contribution in [0.5, 0.6) is 0 Å². The third-order valence-corrected chi connectivity index (χ3v) is 4.49. The number of nitrogens with one attached hydrogen (secondary N) is 2. The van der Waals surface area contributed by atoms with Crippen LogP contribution in [0.2, 0.25) is 0 Å². The number of amides is 1. The highest BCUT2D eigenvalue weighted by molar-refractivity contribution is 5.92. The normalized spacial score (nSPS) is 17.2. The van der Waals surface area contributed by atoms with Crippen LogP contribution in [-0.2, 0) is 10.3 Å². The molecule has 2 rings (SSSR count). The van der Waals surface area contributed by atoms with Crippen molar-refractivity contribution < 1.29 is 9.53 Å². The SMILES string of the molecule is COCC1(CNC(=O)c2cc(C)n(C(C)(C)C)n2)CCNCC1.Cl. The number of nitrogens with zero attached hydrogens (tertiary/aromatic N) is 2. The largest absolute Gasteiger partial charge is 0.384 e. The van der Waals surface area contributed by atoms with Gasteiger partial charge in [-0.2, -0.15) is 5.10 Å². The zero-order valence-corrected chi connectivity index (χ0v) is 16.3. The number of methoxy groups -OCH3 is 1. The summed E-state index contributed by atoms with van der Waals surface area (Å²) in [6.07, 6.45) is 2.02. The average Bonchev–Trinajstić information content (AvgIpc) is 2.88. The molecule has 24 heavy (non-hydrogen) atoms. The molecule has 1 aromatic rings. The number of ether oxygens (including phenoxy) is 1. The molecule has 1 amide bonds. The fourth-order valence-corrected chi connectivity index (χ4v) is 3.26. The van der Waals surface area contributed by atoms with Crippen molar-refractivity contribution in [1.29, 1.82) is 0 Å². The van der Waals surface area contributed by atoms with E-state index in [1.807, 2.05) is 17.7 Å². The monoisotopic (exact) mass is 358 g/mol. The molecule has 7 heteroatoms. The molecule has 1 aliphatic heterocycles. The van der Waals surface area contributed by atoms with E-state index in [1.165, 1.54) is 0 Å². The van der Waals surface area contributed by atoms with Crippen LogP contribution in [0.1, 0.15) is 49.8 Å². The predicted octanol–water partition coefficient (Wildman–Crippen LogP) is 2.11. The van der Waals surface area contributed by atoms with Gasteiger partial charge in [0.2, 0.25) is 0 Å². The molecule has 0 bridgehead atoms. The van der Waals surface area contributed by atoms with Crippen molar-refractivity contribution in [3.8, 4) is 0 Å². The highest BCUT2D eigenvalue weighted by Crippen LogP contribution is 2.28. The van der Waals surface area contributed by atoms with Gasteiger partial charge in [-0.1, -0.05) is 0 Å². The molecule has 2 heterocycles. The topological polar surface area (TPSA) is 68.2 Å². The van der Waals surface area contributed by atoms with Crippen molar-refractivity contribution in [2.24, 2.45) is 5.41 Å². The Hall–Kier alpha value is -1.11. The summed E-state index contributed by atoms with van der Waals surface area (Å²) in [6, 6.07) is 1.85. The lowest BCUT2D eigenvalue weighted by Crippen LogP contribution is -2.47. The van der Waals surface area contributed by atoms with Crippen LogP contribution in [0, 0.1) is 12.3 Å². The number of aromatic nitrogens is 2. The molecular weight excluding hydrogens is 328 g/mol. The maximum atomic E-state index is 12.5. The summed E-state index contributed by atoms with van der Waals surface area (Å²) in [5.41, 5.74) is 1.38. The Morgan fingerprint density at radius 1 is 1.42 bits per heavy atom. The van der Waals surface area contributed by atoms with Crippen LogP contribution in [0.25, 0.3) is 0 Å². The lowest BCUT2D eigenvalue weighted by atomic mass is 9.79. The van der Waals surface area contributed by atoms with E-state index < -0.39 is 0 Å². The summed E-state index contributed by atoms with van der Waals surface area (Å²) in [7, 11) is 1.72. The highest BCUT2D eigenvalue weighted by atomic mass is 35.5. The number of hydrogen-bond donors (Lipinski definition) is 2. The van der Waals surface area contributed by atoms with Gasteiger partial charge in [0.1, 0.15) is 5.69 Å². The number of halogens is 1. The van der Waals surface area contributed by atoms with Crippen LogP contribution in [0.15, 0.2) is 6.07 Å². The first kappa shape index (κ1) is 20.9. The lowest BCUT2D eigenvalue weighted by Gasteiger charge is -2.37. The van der Waals surface area contributed by atoms with Crippen LogP contribution < -0.4 is 10.6 Å². The third kappa shape index (κ3) is 4.94. The third-order valence-electron chi connectivity index (χ3n) is 4.49. The second kappa shape index (κ2) is 8.32. The van der Waals surface area contributed by atoms with Gasteiger partial charge in [0, 0.05) is 24.8 Å². The van der Waals surface area contributed by atoms with E-state index in [4.69, 9.17) is 4.74 Å². The lowest BCUT2D eigenvalue weighted by molar-refractivity contribution is 0.0510. The molecule has 0 spiro atoms. The van der Waals surface area contributed by atoms with Crippen LogP contribution >= 0.6 is 12.4 Å². The summed E-state index contributed by atoms with van der Waals surface area (Å²) in [4.78, 5) is 12.5. The minimum absolute atomic E-state index is 0. The molecule has 0 aromatic carbocycles. The van der Waals surface area contributed by atoms with E-state index >= 15 is 0 Å². The van der Waals surface area contributed by atoms with Crippen molar-refractivity contribution >= 4 is 18.3 Å². The van der Waals surface area contributed by atoms with Gasteiger partial charge >= 0.3 is 0 Å². The van der Waals surface area contributed by atoms with E-state index in [0.29, 0.717) is 18.8 Å². The second-order valence-corrected chi connectivity index (χ2v) is 7.62. The molecule has 0 radical (unpaired) electrons. The minimum atomic E-state index is -0.130. The first-order valence-electron chi connectivity index (χ1n) is 8.32. The number of carbonyl (C=O) groups is 1. The molecule has 0 atom stereocenters. The molecule has 1 saturated heterocycles. The Bertz CT molecular complexity index is 540. The Kier molecular flexibility index (Phi) is 7.25. The Balaban J connectivity index is 0.00000288. The first-order chi connectivity index (χ1) is 10.8. The van der Waals surface area contributed by atoms with Gasteiger partial charge < -0.3 is 15.4 Å². The summed E-state index contributed by atoms with van der Waals surface area (Å²) in [5.74, 6) is -0.106. The summed E-state index contributed by atoms with van der Waals surface area (Å²) < 4.78 is 7.29. The first-order valence-corrected chi connectivity index (χ1v) is 8.32. The number of rotatable bonds is 5. The highest BCUT2D eigenvalue weighted by Gasteiger charge is 2.33. The number of hydrogen-bond acceptors (Lipinski definition) is 4. The van der Waals surface area contributed by atoms with Crippen molar-refractivity contribution in [2.45, 2.75) is 46.1 Å². The van der Waals surface area contributed by atoms with Gasteiger partial charge in [0.15, 0.2) is 0 Å². The zero-order valence-electron chi connectivity index (χ0n) is 15.4. The molecular formula is C17H31ClN4O2. The molecule has 6 nitrogen and oxygen atoms in total. The van der Waals surface area contributed by atoms with Crippen LogP contribution in [-0.4, -0.2) is 49.0 Å². The molecule has 1 fully saturated rings. The van der Waals surface area contributed by atoms with Crippen LogP contribution in [0.4, 0.5) is 0 Å². The van der Waals surface area contributed by atoms with E-state index in [-0.39, 0.29) is 29.3 Å². The minimum Gasteiger partial charge on any atom is -0.384 e. The van der Waals surface area contributed by atoms with Gasteiger partial charge in [0.25, 0.3) is 5.91 Å². The fourth-order valence-electron chi connectivity index (χ4n) is 3.26. The Morgan fingerprint density at radius 2 is 2.04 bits per heavy atom. The van der Waals surface area contributed by atoms with E-state index in [9.17, 15) is 4.79 Å². The van der Waals surface area contributed by atoms with Crippen LogP contribution in [0.3, 0.4) is 0 Å². The average molecular weight is 359 g/mol. The number of piperidine rings is 1. The van der Waals surface area contributed by atoms with Crippen molar-refractivity contribution in [2.75, 3.05) is 33.4 Å². The summed E-state index contributed by atoms with van der Waals surface area (Å²) in [5, 5.41) is 10.9. The van der Waals surface area contributed by atoms with Gasteiger partial charge in [0.05, 0.1) is 12.1 Å².